The molecule has 16 heavy (non-hydrogen) atoms. The second kappa shape index (κ2) is 4.65. The van der Waals surface area contributed by atoms with Gasteiger partial charge in [-0.3, -0.25) is 0 Å². The van der Waals surface area contributed by atoms with Gasteiger partial charge in [0.25, 0.3) is 0 Å². The van der Waals surface area contributed by atoms with Crippen LogP contribution in [0, 0.1) is 0 Å². The molecule has 0 N–H and O–H groups in total. The molecule has 0 aliphatic rings. The van der Waals surface area contributed by atoms with E-state index in [9.17, 15) is 0 Å². The second-order valence-corrected chi connectivity index (χ2v) is 4.51. The van der Waals surface area contributed by atoms with Crippen molar-refractivity contribution in [2.45, 2.75) is 20.0 Å². The zero-order valence-electron chi connectivity index (χ0n) is 9.09. The lowest BCUT2D eigenvalue weighted by atomic mass is 10.4. The van der Waals surface area contributed by atoms with Crippen molar-refractivity contribution in [1.82, 2.24) is 14.8 Å². The third-order valence-corrected chi connectivity index (χ3v) is 2.29. The number of ether oxygens (including phenoxy) is 1. The summed E-state index contributed by atoms with van der Waals surface area (Å²) in [5, 5.41) is 4.18. The zero-order valence-corrected chi connectivity index (χ0v) is 10.7. The number of nitrogens with zero attached hydrogens (tertiary/aromatic N) is 3. The fourth-order valence-corrected chi connectivity index (χ4v) is 1.60. The summed E-state index contributed by atoms with van der Waals surface area (Å²) in [7, 11) is 0. The number of aromatic nitrogens is 3. The molecule has 0 aliphatic carbocycles. The first-order valence-corrected chi connectivity index (χ1v) is 5.78. The summed E-state index contributed by atoms with van der Waals surface area (Å²) in [5.41, 5.74) is 0. The zero-order chi connectivity index (χ0) is 11.5. The Morgan fingerprint density at radius 1 is 1.44 bits per heavy atom. The van der Waals surface area contributed by atoms with Crippen LogP contribution in [0.25, 0.3) is 5.82 Å². The van der Waals surface area contributed by atoms with Gasteiger partial charge in [-0.05, 0) is 41.9 Å². The number of pyridine rings is 1. The van der Waals surface area contributed by atoms with E-state index in [1.54, 1.807) is 17.1 Å². The molecule has 0 atom stereocenters. The molecule has 0 unspecified atom stereocenters. The first kappa shape index (κ1) is 11.1. The Labute approximate surface area is 102 Å². The van der Waals surface area contributed by atoms with E-state index in [-0.39, 0.29) is 6.10 Å². The van der Waals surface area contributed by atoms with Gasteiger partial charge in [0.05, 0.1) is 16.8 Å². The van der Waals surface area contributed by atoms with Crippen molar-refractivity contribution >= 4 is 15.9 Å². The summed E-state index contributed by atoms with van der Waals surface area (Å²) in [6.07, 6.45) is 5.39. The van der Waals surface area contributed by atoms with Crippen molar-refractivity contribution in [2.75, 3.05) is 0 Å². The van der Waals surface area contributed by atoms with Gasteiger partial charge in [0.15, 0.2) is 11.6 Å². The summed E-state index contributed by atoms with van der Waals surface area (Å²) < 4.78 is 8.26. The van der Waals surface area contributed by atoms with Gasteiger partial charge >= 0.3 is 0 Å². The first-order chi connectivity index (χ1) is 7.66. The number of rotatable bonds is 3. The Bertz CT molecular complexity index is 482. The van der Waals surface area contributed by atoms with Crippen LogP contribution in [0.2, 0.25) is 0 Å². The predicted molar refractivity (Wildman–Crippen MR) is 64.8 cm³/mol. The maximum Gasteiger partial charge on any atom is 0.196 e. The van der Waals surface area contributed by atoms with Crippen LogP contribution in [0.1, 0.15) is 13.8 Å². The van der Waals surface area contributed by atoms with Crippen molar-refractivity contribution in [1.29, 1.82) is 0 Å². The summed E-state index contributed by atoms with van der Waals surface area (Å²) in [5.74, 6) is 1.43. The first-order valence-electron chi connectivity index (χ1n) is 4.99. The van der Waals surface area contributed by atoms with Crippen molar-refractivity contribution in [3.8, 4) is 11.6 Å². The molecule has 0 saturated carbocycles. The molecular formula is C11H12BrN3O. The lowest BCUT2D eigenvalue weighted by Crippen LogP contribution is -2.09. The molecule has 2 rings (SSSR count). The van der Waals surface area contributed by atoms with Gasteiger partial charge in [0.2, 0.25) is 0 Å². The smallest absolute Gasteiger partial charge is 0.196 e. The third-order valence-electron chi connectivity index (χ3n) is 1.88. The molecule has 0 saturated heterocycles. The molecule has 0 spiro atoms. The molecule has 84 valence electrons. The van der Waals surface area contributed by atoms with Gasteiger partial charge in [-0.1, -0.05) is 0 Å². The van der Waals surface area contributed by atoms with E-state index in [1.807, 2.05) is 32.2 Å². The van der Waals surface area contributed by atoms with Crippen molar-refractivity contribution < 1.29 is 4.74 Å². The van der Waals surface area contributed by atoms with Gasteiger partial charge in [0.1, 0.15) is 0 Å². The molecule has 4 nitrogen and oxygen atoms in total. The van der Waals surface area contributed by atoms with Gasteiger partial charge < -0.3 is 4.74 Å². The van der Waals surface area contributed by atoms with Crippen molar-refractivity contribution in [2.24, 2.45) is 0 Å². The number of hydrogen-bond acceptors (Lipinski definition) is 3. The monoisotopic (exact) mass is 281 g/mol. The summed E-state index contributed by atoms with van der Waals surface area (Å²) in [6, 6.07) is 3.73. The Morgan fingerprint density at radius 3 is 2.88 bits per heavy atom. The van der Waals surface area contributed by atoms with Crippen LogP contribution in [0.3, 0.4) is 0 Å². The van der Waals surface area contributed by atoms with Crippen LogP contribution in [0.15, 0.2) is 35.2 Å². The Kier molecular flexibility index (Phi) is 3.24. The van der Waals surface area contributed by atoms with Gasteiger partial charge in [-0.15, -0.1) is 0 Å². The minimum atomic E-state index is 0.113. The molecule has 5 heteroatoms. The lowest BCUT2D eigenvalue weighted by Gasteiger charge is -2.12. The predicted octanol–water partition coefficient (Wildman–Crippen LogP) is 2.82. The number of hydrogen-bond donors (Lipinski definition) is 0. The SMILES string of the molecule is CC(C)Oc1cccnc1-n1cc(Br)cn1. The van der Waals surface area contributed by atoms with Crippen LogP contribution in [-0.2, 0) is 0 Å². The van der Waals surface area contributed by atoms with Crippen molar-refractivity contribution in [3.05, 3.63) is 35.2 Å². The quantitative estimate of drug-likeness (QED) is 0.869. The average Bonchev–Trinajstić information content (AvgIpc) is 2.65. The van der Waals surface area contributed by atoms with Crippen molar-refractivity contribution in [3.63, 3.8) is 0 Å². The molecule has 0 radical (unpaired) electrons. The highest BCUT2D eigenvalue weighted by Crippen LogP contribution is 2.21. The average molecular weight is 282 g/mol. The van der Waals surface area contributed by atoms with Crippen LogP contribution in [-0.4, -0.2) is 20.9 Å². The summed E-state index contributed by atoms with van der Waals surface area (Å²) >= 11 is 3.35. The maximum atomic E-state index is 5.67. The van der Waals surface area contributed by atoms with E-state index < -0.39 is 0 Å². The molecule has 2 heterocycles. The summed E-state index contributed by atoms with van der Waals surface area (Å²) in [4.78, 5) is 4.27. The van der Waals surface area contributed by atoms with Crippen LogP contribution < -0.4 is 4.74 Å². The Morgan fingerprint density at radius 2 is 2.25 bits per heavy atom. The third kappa shape index (κ3) is 2.41. The van der Waals surface area contributed by atoms with Crippen LogP contribution in [0.5, 0.6) is 5.75 Å². The lowest BCUT2D eigenvalue weighted by molar-refractivity contribution is 0.240. The second-order valence-electron chi connectivity index (χ2n) is 3.59. The Hall–Kier alpha value is -1.36. The van der Waals surface area contributed by atoms with E-state index in [0.29, 0.717) is 5.82 Å². The fourth-order valence-electron chi connectivity index (χ4n) is 1.32. The largest absolute Gasteiger partial charge is 0.487 e. The van der Waals surface area contributed by atoms with Crippen LogP contribution >= 0.6 is 15.9 Å². The normalized spacial score (nSPS) is 10.8. The fraction of sp³-hybridized carbons (Fsp3) is 0.273. The molecule has 0 amide bonds. The van der Waals surface area contributed by atoms with Gasteiger partial charge in [0, 0.05) is 12.4 Å². The minimum Gasteiger partial charge on any atom is -0.487 e. The van der Waals surface area contributed by atoms with E-state index in [4.69, 9.17) is 4.74 Å². The maximum absolute atomic E-state index is 5.67. The molecule has 0 bridgehead atoms. The standard InChI is InChI=1S/C11H12BrN3O/c1-8(2)16-10-4-3-5-13-11(10)15-7-9(12)6-14-15/h3-8H,1-2H3. The summed E-state index contributed by atoms with van der Waals surface area (Å²) in [6.45, 7) is 3.96. The number of halogens is 1. The van der Waals surface area contributed by atoms with Crippen LogP contribution in [0.4, 0.5) is 0 Å². The van der Waals surface area contributed by atoms with E-state index in [0.717, 1.165) is 10.2 Å². The molecule has 0 fully saturated rings. The Balaban J connectivity index is 2.40. The molecule has 2 aromatic heterocycles. The van der Waals surface area contributed by atoms with E-state index >= 15 is 0 Å². The highest BCUT2D eigenvalue weighted by atomic mass is 79.9. The van der Waals surface area contributed by atoms with Gasteiger partial charge in [-0.25, -0.2) is 9.67 Å². The van der Waals surface area contributed by atoms with E-state index in [1.165, 1.54) is 0 Å². The topological polar surface area (TPSA) is 39.9 Å². The molecule has 2 aromatic rings. The molecule has 0 aromatic carbocycles. The molecular weight excluding hydrogens is 270 g/mol. The minimum absolute atomic E-state index is 0.113. The van der Waals surface area contributed by atoms with Gasteiger partial charge in [-0.2, -0.15) is 5.10 Å². The highest BCUT2D eigenvalue weighted by molar-refractivity contribution is 9.10. The molecule has 0 aliphatic heterocycles. The van der Waals surface area contributed by atoms with E-state index in [2.05, 4.69) is 26.0 Å². The highest BCUT2D eigenvalue weighted by Gasteiger charge is 2.09.